The Morgan fingerprint density at radius 2 is 1.64 bits per heavy atom. The first-order chi connectivity index (χ1) is 10.7. The highest BCUT2D eigenvalue weighted by Gasteiger charge is 2.14. The molecule has 0 saturated heterocycles. The summed E-state index contributed by atoms with van der Waals surface area (Å²) in [5.41, 5.74) is 3.50. The van der Waals surface area contributed by atoms with Crippen LogP contribution in [0.2, 0.25) is 0 Å². The van der Waals surface area contributed by atoms with E-state index >= 15 is 0 Å². The number of fused-ring (bicyclic) bond motifs is 3. The van der Waals surface area contributed by atoms with Crippen molar-refractivity contribution in [3.8, 4) is 11.1 Å². The molecule has 1 unspecified atom stereocenters. The third-order valence-corrected chi connectivity index (χ3v) is 4.47. The maximum absolute atomic E-state index is 11.5. The van der Waals surface area contributed by atoms with Crippen molar-refractivity contribution in [2.24, 2.45) is 0 Å². The molecule has 1 N–H and O–H groups in total. The fraction of sp³-hybridized carbons (Fsp3) is 0. The van der Waals surface area contributed by atoms with Gasteiger partial charge in [-0.05, 0) is 35.4 Å². The summed E-state index contributed by atoms with van der Waals surface area (Å²) in [4.78, 5) is 0.378. The maximum atomic E-state index is 11.5. The minimum absolute atomic E-state index is 0.378. The average molecular weight is 308 g/mol. The minimum Gasteiger partial charge on any atom is -0.456 e. The molecule has 0 aliphatic heterocycles. The Morgan fingerprint density at radius 1 is 0.818 bits per heavy atom. The molecule has 1 atom stereocenters. The van der Waals surface area contributed by atoms with Crippen molar-refractivity contribution in [2.75, 3.05) is 0 Å². The third-order valence-electron chi connectivity index (χ3n) is 3.75. The first-order valence-electron chi connectivity index (χ1n) is 6.85. The molecule has 0 radical (unpaired) electrons. The molecule has 1 heterocycles. The molecule has 3 nitrogen and oxygen atoms in total. The second kappa shape index (κ2) is 5.09. The third kappa shape index (κ3) is 2.04. The molecule has 108 valence electrons. The van der Waals surface area contributed by atoms with Gasteiger partial charge in [0.2, 0.25) is 0 Å². The quantitative estimate of drug-likeness (QED) is 0.539. The molecule has 0 bridgehead atoms. The molecule has 0 saturated carbocycles. The zero-order valence-corrected chi connectivity index (χ0v) is 12.3. The van der Waals surface area contributed by atoms with E-state index < -0.39 is 11.1 Å². The van der Waals surface area contributed by atoms with Crippen molar-refractivity contribution < 1.29 is 13.2 Å². The van der Waals surface area contributed by atoms with Crippen molar-refractivity contribution in [3.05, 3.63) is 66.7 Å². The Kier molecular flexibility index (Phi) is 3.06. The number of rotatable bonds is 2. The molecule has 22 heavy (non-hydrogen) atoms. The highest BCUT2D eigenvalue weighted by atomic mass is 32.2. The van der Waals surface area contributed by atoms with Crippen molar-refractivity contribution in [2.45, 2.75) is 4.90 Å². The van der Waals surface area contributed by atoms with Crippen LogP contribution >= 0.6 is 0 Å². The second-order valence-corrected chi connectivity index (χ2v) is 6.00. The maximum Gasteiger partial charge on any atom is 0.187 e. The molecular formula is C18H12O3S. The summed E-state index contributed by atoms with van der Waals surface area (Å²) in [6.45, 7) is 0. The van der Waals surface area contributed by atoms with Gasteiger partial charge in [-0.15, -0.1) is 0 Å². The zero-order valence-electron chi connectivity index (χ0n) is 11.5. The van der Waals surface area contributed by atoms with Gasteiger partial charge in [0, 0.05) is 10.8 Å². The molecule has 4 rings (SSSR count). The van der Waals surface area contributed by atoms with E-state index in [1.807, 2.05) is 54.6 Å². The fourth-order valence-electron chi connectivity index (χ4n) is 2.75. The van der Waals surface area contributed by atoms with Crippen LogP contribution in [0.4, 0.5) is 0 Å². The largest absolute Gasteiger partial charge is 0.456 e. The van der Waals surface area contributed by atoms with E-state index in [2.05, 4.69) is 0 Å². The number of hydrogen-bond donors (Lipinski definition) is 1. The van der Waals surface area contributed by atoms with Gasteiger partial charge in [0.15, 0.2) is 11.1 Å². The van der Waals surface area contributed by atoms with Gasteiger partial charge < -0.3 is 8.97 Å². The zero-order chi connectivity index (χ0) is 15.1. The molecule has 4 heteroatoms. The van der Waals surface area contributed by atoms with Gasteiger partial charge in [-0.25, -0.2) is 4.21 Å². The Balaban J connectivity index is 2.01. The van der Waals surface area contributed by atoms with Gasteiger partial charge in [-0.2, -0.15) is 0 Å². The normalized spacial score (nSPS) is 12.8. The van der Waals surface area contributed by atoms with E-state index in [-0.39, 0.29) is 0 Å². The second-order valence-electron chi connectivity index (χ2n) is 5.06. The van der Waals surface area contributed by atoms with Gasteiger partial charge >= 0.3 is 0 Å². The van der Waals surface area contributed by atoms with Crippen LogP contribution in [0.1, 0.15) is 0 Å². The standard InChI is InChI=1S/C18H12O3S/c19-22(20)17-8-4-7-15-18(17)14-10-9-13(11-16(14)21-15)12-5-2-1-3-6-12/h1-11H,(H,19,20). The molecule has 0 aliphatic carbocycles. The lowest BCUT2D eigenvalue weighted by Gasteiger charge is -2.01. The molecule has 3 aromatic carbocycles. The molecule has 0 spiro atoms. The summed E-state index contributed by atoms with van der Waals surface area (Å²) in [7, 11) is 0. The number of furan rings is 1. The smallest absolute Gasteiger partial charge is 0.187 e. The molecule has 0 amide bonds. The van der Waals surface area contributed by atoms with Crippen molar-refractivity contribution in [3.63, 3.8) is 0 Å². The van der Waals surface area contributed by atoms with Gasteiger partial charge in [-0.1, -0.05) is 42.5 Å². The molecular weight excluding hydrogens is 296 g/mol. The van der Waals surface area contributed by atoms with Crippen molar-refractivity contribution >= 4 is 33.0 Å². The summed E-state index contributed by atoms with van der Waals surface area (Å²) < 4.78 is 26.8. The fourth-order valence-corrected chi connectivity index (χ4v) is 3.33. The van der Waals surface area contributed by atoms with Crippen molar-refractivity contribution in [1.29, 1.82) is 0 Å². The Bertz CT molecular complexity index is 1000. The van der Waals surface area contributed by atoms with Crippen LogP contribution in [-0.4, -0.2) is 8.76 Å². The minimum atomic E-state index is -2.04. The number of hydrogen-bond acceptors (Lipinski definition) is 2. The van der Waals surface area contributed by atoms with Crippen LogP contribution in [0.5, 0.6) is 0 Å². The first kappa shape index (κ1) is 13.2. The Hall–Kier alpha value is -2.43. The summed E-state index contributed by atoms with van der Waals surface area (Å²) in [6, 6.07) is 21.1. The van der Waals surface area contributed by atoms with Crippen LogP contribution in [0, 0.1) is 0 Å². The SMILES string of the molecule is O=S(O)c1cccc2oc3cc(-c4ccccc4)ccc3c12. The molecule has 1 aromatic heterocycles. The van der Waals surface area contributed by atoms with Crippen molar-refractivity contribution in [1.82, 2.24) is 0 Å². The predicted molar refractivity (Wildman–Crippen MR) is 88.2 cm³/mol. The molecule has 0 aliphatic rings. The van der Waals surface area contributed by atoms with Crippen LogP contribution in [0.15, 0.2) is 76.0 Å². The van der Waals surface area contributed by atoms with Gasteiger partial charge in [0.1, 0.15) is 11.2 Å². The predicted octanol–water partition coefficient (Wildman–Crippen LogP) is 4.83. The van der Waals surface area contributed by atoms with E-state index in [1.165, 1.54) is 0 Å². The van der Waals surface area contributed by atoms with Gasteiger partial charge in [0.25, 0.3) is 0 Å². The molecule has 4 aromatic rings. The van der Waals surface area contributed by atoms with Gasteiger partial charge in [-0.3, -0.25) is 0 Å². The van der Waals surface area contributed by atoms with Crippen LogP contribution in [0.25, 0.3) is 33.1 Å². The lowest BCUT2D eigenvalue weighted by atomic mass is 10.0. The van der Waals surface area contributed by atoms with Crippen LogP contribution in [-0.2, 0) is 11.1 Å². The summed E-state index contributed by atoms with van der Waals surface area (Å²) in [5.74, 6) is 0. The highest BCUT2D eigenvalue weighted by Crippen LogP contribution is 2.34. The van der Waals surface area contributed by atoms with E-state index in [9.17, 15) is 8.76 Å². The average Bonchev–Trinajstić information content (AvgIpc) is 2.93. The lowest BCUT2D eigenvalue weighted by molar-refractivity contribution is 0.565. The van der Waals surface area contributed by atoms with Crippen LogP contribution < -0.4 is 0 Å². The summed E-state index contributed by atoms with van der Waals surface area (Å²) in [6.07, 6.45) is 0. The Labute approximate surface area is 129 Å². The first-order valence-corrected chi connectivity index (χ1v) is 7.96. The van der Waals surface area contributed by atoms with E-state index in [0.717, 1.165) is 16.5 Å². The lowest BCUT2D eigenvalue weighted by Crippen LogP contribution is -1.88. The number of benzene rings is 3. The summed E-state index contributed by atoms with van der Waals surface area (Å²) in [5, 5.41) is 1.56. The Morgan fingerprint density at radius 3 is 2.41 bits per heavy atom. The highest BCUT2D eigenvalue weighted by molar-refractivity contribution is 7.79. The monoisotopic (exact) mass is 308 g/mol. The topological polar surface area (TPSA) is 50.4 Å². The molecule has 0 fully saturated rings. The van der Waals surface area contributed by atoms with Gasteiger partial charge in [0.05, 0.1) is 4.90 Å². The van der Waals surface area contributed by atoms with E-state index in [1.54, 1.807) is 12.1 Å². The van der Waals surface area contributed by atoms with Crippen LogP contribution in [0.3, 0.4) is 0 Å². The van der Waals surface area contributed by atoms with E-state index in [4.69, 9.17) is 4.42 Å². The summed E-state index contributed by atoms with van der Waals surface area (Å²) >= 11 is -2.04. The van der Waals surface area contributed by atoms with E-state index in [0.29, 0.717) is 21.4 Å².